The SMILES string of the molecule is C[C@H]1CCCCN1C(=O)c1ccc(Cl)c([N+](=O)[O-])c1. The van der Waals surface area contributed by atoms with Gasteiger partial charge in [-0.15, -0.1) is 0 Å². The Hall–Kier alpha value is -1.62. The summed E-state index contributed by atoms with van der Waals surface area (Å²) in [6, 6.07) is 4.38. The van der Waals surface area contributed by atoms with Gasteiger partial charge in [-0.25, -0.2) is 0 Å². The summed E-state index contributed by atoms with van der Waals surface area (Å²) in [6.45, 7) is 2.71. The molecule has 1 amide bonds. The Kier molecular flexibility index (Phi) is 4.04. The van der Waals surface area contributed by atoms with Gasteiger partial charge in [0.2, 0.25) is 0 Å². The fraction of sp³-hybridized carbons (Fsp3) is 0.462. The molecule has 0 unspecified atom stereocenters. The van der Waals surface area contributed by atoms with Crippen LogP contribution in [-0.4, -0.2) is 28.3 Å². The van der Waals surface area contributed by atoms with Crippen molar-refractivity contribution in [3.63, 3.8) is 0 Å². The van der Waals surface area contributed by atoms with Gasteiger partial charge in [-0.1, -0.05) is 11.6 Å². The van der Waals surface area contributed by atoms with Gasteiger partial charge in [0, 0.05) is 24.2 Å². The molecule has 5 nitrogen and oxygen atoms in total. The highest BCUT2D eigenvalue weighted by Crippen LogP contribution is 2.27. The highest BCUT2D eigenvalue weighted by molar-refractivity contribution is 6.32. The molecule has 0 bridgehead atoms. The average Bonchev–Trinajstić information content (AvgIpc) is 2.38. The molecule has 19 heavy (non-hydrogen) atoms. The molecule has 0 radical (unpaired) electrons. The van der Waals surface area contributed by atoms with Crippen LogP contribution in [0.5, 0.6) is 0 Å². The number of amides is 1. The summed E-state index contributed by atoms with van der Waals surface area (Å²) in [6.07, 6.45) is 3.07. The predicted octanol–water partition coefficient (Wildman–Crippen LogP) is 3.26. The maximum absolute atomic E-state index is 12.4. The van der Waals surface area contributed by atoms with Crippen molar-refractivity contribution in [2.24, 2.45) is 0 Å². The lowest BCUT2D eigenvalue weighted by Gasteiger charge is -2.33. The van der Waals surface area contributed by atoms with Crippen molar-refractivity contribution in [2.75, 3.05) is 6.54 Å². The first kappa shape index (κ1) is 13.8. The van der Waals surface area contributed by atoms with Crippen LogP contribution in [0, 0.1) is 10.1 Å². The first-order valence-corrected chi connectivity index (χ1v) is 6.63. The molecule has 2 rings (SSSR count). The van der Waals surface area contributed by atoms with E-state index in [1.807, 2.05) is 6.92 Å². The molecule has 1 aromatic carbocycles. The van der Waals surface area contributed by atoms with E-state index in [0.717, 1.165) is 19.3 Å². The number of nitrogens with zero attached hydrogens (tertiary/aromatic N) is 2. The molecule has 1 atom stereocenters. The smallest absolute Gasteiger partial charge is 0.288 e. The molecule has 1 heterocycles. The maximum atomic E-state index is 12.4. The number of nitro benzene ring substituents is 1. The Balaban J connectivity index is 2.28. The van der Waals surface area contributed by atoms with Gasteiger partial charge >= 0.3 is 0 Å². The largest absolute Gasteiger partial charge is 0.336 e. The van der Waals surface area contributed by atoms with Gasteiger partial charge in [0.25, 0.3) is 11.6 Å². The average molecular weight is 283 g/mol. The third kappa shape index (κ3) is 2.87. The van der Waals surface area contributed by atoms with E-state index in [4.69, 9.17) is 11.6 Å². The fourth-order valence-corrected chi connectivity index (χ4v) is 2.54. The van der Waals surface area contributed by atoms with Crippen LogP contribution in [0.3, 0.4) is 0 Å². The summed E-state index contributed by atoms with van der Waals surface area (Å²) in [7, 11) is 0. The van der Waals surface area contributed by atoms with Gasteiger partial charge in [0.15, 0.2) is 0 Å². The Morgan fingerprint density at radius 2 is 2.21 bits per heavy atom. The van der Waals surface area contributed by atoms with Crippen LogP contribution in [-0.2, 0) is 0 Å². The molecule has 1 aliphatic rings. The molecule has 1 saturated heterocycles. The predicted molar refractivity (Wildman–Crippen MR) is 72.5 cm³/mol. The second kappa shape index (κ2) is 5.57. The van der Waals surface area contributed by atoms with Crippen molar-refractivity contribution in [1.29, 1.82) is 0 Å². The van der Waals surface area contributed by atoms with Crippen molar-refractivity contribution < 1.29 is 9.72 Å². The molecule has 0 spiro atoms. The lowest BCUT2D eigenvalue weighted by atomic mass is 10.0. The topological polar surface area (TPSA) is 63.5 Å². The summed E-state index contributed by atoms with van der Waals surface area (Å²) in [4.78, 5) is 24.4. The fourth-order valence-electron chi connectivity index (χ4n) is 2.35. The zero-order valence-electron chi connectivity index (χ0n) is 10.6. The van der Waals surface area contributed by atoms with E-state index in [-0.39, 0.29) is 22.7 Å². The number of piperidine rings is 1. The van der Waals surface area contributed by atoms with E-state index in [2.05, 4.69) is 0 Å². The summed E-state index contributed by atoms with van der Waals surface area (Å²) in [5, 5.41) is 10.9. The number of halogens is 1. The number of carbonyl (C=O) groups is 1. The molecule has 6 heteroatoms. The first-order chi connectivity index (χ1) is 9.00. The van der Waals surface area contributed by atoms with E-state index in [9.17, 15) is 14.9 Å². The minimum absolute atomic E-state index is 0.0493. The minimum atomic E-state index is -0.571. The second-order valence-corrected chi connectivity index (χ2v) is 5.17. The summed E-state index contributed by atoms with van der Waals surface area (Å²) in [5.41, 5.74) is 0.0991. The molecule has 1 aliphatic heterocycles. The van der Waals surface area contributed by atoms with Crippen LogP contribution in [0.2, 0.25) is 5.02 Å². The maximum Gasteiger partial charge on any atom is 0.288 e. The molecule has 102 valence electrons. The Morgan fingerprint density at radius 1 is 1.47 bits per heavy atom. The summed E-state index contributed by atoms with van der Waals surface area (Å²) in [5.74, 6) is -0.160. The normalized spacial score (nSPS) is 19.3. The van der Waals surface area contributed by atoms with Crippen molar-refractivity contribution >= 4 is 23.2 Å². The molecule has 0 saturated carbocycles. The zero-order valence-corrected chi connectivity index (χ0v) is 11.4. The molecular weight excluding hydrogens is 268 g/mol. The van der Waals surface area contributed by atoms with E-state index in [1.54, 1.807) is 11.0 Å². The van der Waals surface area contributed by atoms with Gasteiger partial charge in [-0.05, 0) is 38.3 Å². The summed E-state index contributed by atoms with van der Waals surface area (Å²) < 4.78 is 0. The monoisotopic (exact) mass is 282 g/mol. The number of likely N-dealkylation sites (tertiary alicyclic amines) is 1. The van der Waals surface area contributed by atoms with E-state index in [1.165, 1.54) is 12.1 Å². The third-order valence-electron chi connectivity index (χ3n) is 3.45. The van der Waals surface area contributed by atoms with E-state index >= 15 is 0 Å². The highest BCUT2D eigenvalue weighted by atomic mass is 35.5. The standard InChI is InChI=1S/C13H15ClN2O3/c1-9-4-2-3-7-15(9)13(17)10-5-6-11(14)12(8-10)16(18)19/h5-6,8-9H,2-4,7H2,1H3/t9-/m0/s1. The van der Waals surface area contributed by atoms with Crippen molar-refractivity contribution in [1.82, 2.24) is 4.90 Å². The van der Waals surface area contributed by atoms with Crippen LogP contribution in [0.15, 0.2) is 18.2 Å². The quantitative estimate of drug-likeness (QED) is 0.618. The number of rotatable bonds is 2. The summed E-state index contributed by atoms with van der Waals surface area (Å²) >= 11 is 5.74. The Morgan fingerprint density at radius 3 is 2.84 bits per heavy atom. The van der Waals surface area contributed by atoms with Crippen LogP contribution >= 0.6 is 11.6 Å². The lowest BCUT2D eigenvalue weighted by molar-refractivity contribution is -0.384. The highest BCUT2D eigenvalue weighted by Gasteiger charge is 2.25. The molecule has 0 aromatic heterocycles. The number of hydrogen-bond donors (Lipinski definition) is 0. The third-order valence-corrected chi connectivity index (χ3v) is 3.77. The van der Waals surface area contributed by atoms with Crippen molar-refractivity contribution in [3.8, 4) is 0 Å². The van der Waals surface area contributed by atoms with Crippen molar-refractivity contribution in [2.45, 2.75) is 32.2 Å². The molecule has 1 aromatic rings. The van der Waals surface area contributed by atoms with E-state index in [0.29, 0.717) is 12.1 Å². The van der Waals surface area contributed by atoms with Gasteiger partial charge in [-0.3, -0.25) is 14.9 Å². The lowest BCUT2D eigenvalue weighted by Crippen LogP contribution is -2.42. The number of nitro groups is 1. The molecule has 1 fully saturated rings. The van der Waals surface area contributed by atoms with Crippen LogP contribution < -0.4 is 0 Å². The zero-order chi connectivity index (χ0) is 14.0. The number of hydrogen-bond acceptors (Lipinski definition) is 3. The second-order valence-electron chi connectivity index (χ2n) is 4.77. The Labute approximate surface area is 116 Å². The van der Waals surface area contributed by atoms with Gasteiger partial charge in [0.1, 0.15) is 5.02 Å². The number of benzene rings is 1. The molecule has 0 aliphatic carbocycles. The van der Waals surface area contributed by atoms with Crippen LogP contribution in [0.25, 0.3) is 0 Å². The first-order valence-electron chi connectivity index (χ1n) is 6.25. The minimum Gasteiger partial charge on any atom is -0.336 e. The molecular formula is C13H15ClN2O3. The van der Waals surface area contributed by atoms with Crippen LogP contribution in [0.4, 0.5) is 5.69 Å². The van der Waals surface area contributed by atoms with Crippen LogP contribution in [0.1, 0.15) is 36.5 Å². The Bertz CT molecular complexity index is 519. The molecule has 0 N–H and O–H groups in total. The van der Waals surface area contributed by atoms with Gasteiger partial charge < -0.3 is 4.90 Å². The van der Waals surface area contributed by atoms with E-state index < -0.39 is 4.92 Å². The number of carbonyl (C=O) groups excluding carboxylic acids is 1. The van der Waals surface area contributed by atoms with Gasteiger partial charge in [0.05, 0.1) is 4.92 Å². The van der Waals surface area contributed by atoms with Crippen molar-refractivity contribution in [3.05, 3.63) is 38.9 Å². The van der Waals surface area contributed by atoms with Gasteiger partial charge in [-0.2, -0.15) is 0 Å².